The van der Waals surface area contributed by atoms with Gasteiger partial charge in [0, 0.05) is 11.1 Å². The van der Waals surface area contributed by atoms with Crippen molar-refractivity contribution in [3.05, 3.63) is 33.8 Å². The molecule has 0 aliphatic rings. The molecule has 88 valence electrons. The summed E-state index contributed by atoms with van der Waals surface area (Å²) < 4.78 is 0. The maximum Gasteiger partial charge on any atom is 0.251 e. The van der Waals surface area contributed by atoms with Crippen LogP contribution in [0.1, 0.15) is 37.6 Å². The Morgan fingerprint density at radius 2 is 1.94 bits per heavy atom. The Labute approximate surface area is 106 Å². The van der Waals surface area contributed by atoms with Crippen LogP contribution in [0.3, 0.4) is 0 Å². The van der Waals surface area contributed by atoms with E-state index in [0.717, 1.165) is 6.42 Å². The first-order chi connectivity index (χ1) is 7.35. The summed E-state index contributed by atoms with van der Waals surface area (Å²) >= 11 is 11.6. The minimum atomic E-state index is -0.219. The normalized spacial score (nSPS) is 11.3. The molecule has 0 unspecified atom stereocenters. The van der Waals surface area contributed by atoms with E-state index in [2.05, 4.69) is 5.32 Å². The summed E-state index contributed by atoms with van der Waals surface area (Å²) in [6.07, 6.45) is 0.861. The zero-order valence-corrected chi connectivity index (χ0v) is 11.1. The van der Waals surface area contributed by atoms with Crippen LogP contribution in [-0.2, 0) is 0 Å². The Morgan fingerprint density at radius 1 is 1.31 bits per heavy atom. The van der Waals surface area contributed by atoms with Crippen molar-refractivity contribution in [1.82, 2.24) is 5.32 Å². The number of halogens is 2. The van der Waals surface area contributed by atoms with Crippen LogP contribution < -0.4 is 5.32 Å². The van der Waals surface area contributed by atoms with Crippen LogP contribution in [0.25, 0.3) is 0 Å². The molecule has 0 aliphatic heterocycles. The Morgan fingerprint density at radius 3 is 2.44 bits per heavy atom. The van der Waals surface area contributed by atoms with Gasteiger partial charge in [-0.05, 0) is 38.5 Å². The van der Waals surface area contributed by atoms with E-state index in [4.69, 9.17) is 23.2 Å². The lowest BCUT2D eigenvalue weighted by Crippen LogP contribution is -2.42. The number of amides is 1. The standard InChI is InChI=1S/C12H15Cl2NO/c1-4-12(2,3)15-11(16)8-5-6-9(13)10(14)7-8/h5-7H,4H2,1-3H3,(H,15,16). The molecule has 0 bridgehead atoms. The lowest BCUT2D eigenvalue weighted by Gasteiger charge is -2.24. The van der Waals surface area contributed by atoms with Crippen LogP contribution in [0, 0.1) is 0 Å². The molecule has 0 radical (unpaired) electrons. The second kappa shape index (κ2) is 5.07. The molecule has 1 aromatic carbocycles. The van der Waals surface area contributed by atoms with Crippen molar-refractivity contribution in [2.24, 2.45) is 0 Å². The van der Waals surface area contributed by atoms with E-state index in [0.29, 0.717) is 15.6 Å². The lowest BCUT2D eigenvalue weighted by molar-refractivity contribution is 0.0911. The Kier molecular flexibility index (Phi) is 4.22. The Hall–Kier alpha value is -0.730. The van der Waals surface area contributed by atoms with Gasteiger partial charge in [-0.15, -0.1) is 0 Å². The number of carbonyl (C=O) groups is 1. The first-order valence-electron chi connectivity index (χ1n) is 5.13. The fraction of sp³-hybridized carbons (Fsp3) is 0.417. The van der Waals surface area contributed by atoms with Crippen molar-refractivity contribution in [2.45, 2.75) is 32.7 Å². The van der Waals surface area contributed by atoms with Crippen molar-refractivity contribution in [3.8, 4) is 0 Å². The Bertz CT molecular complexity index is 402. The van der Waals surface area contributed by atoms with Gasteiger partial charge in [0.1, 0.15) is 0 Å². The topological polar surface area (TPSA) is 29.1 Å². The second-order valence-electron chi connectivity index (χ2n) is 4.32. The van der Waals surface area contributed by atoms with E-state index in [1.165, 1.54) is 0 Å². The van der Waals surface area contributed by atoms with Crippen LogP contribution in [0.2, 0.25) is 10.0 Å². The molecule has 1 aromatic rings. The number of benzene rings is 1. The van der Waals surface area contributed by atoms with Gasteiger partial charge in [-0.25, -0.2) is 0 Å². The third-order valence-electron chi connectivity index (χ3n) is 2.52. The van der Waals surface area contributed by atoms with E-state index in [-0.39, 0.29) is 11.4 Å². The van der Waals surface area contributed by atoms with Gasteiger partial charge in [-0.2, -0.15) is 0 Å². The van der Waals surface area contributed by atoms with Crippen molar-refractivity contribution >= 4 is 29.1 Å². The molecule has 1 amide bonds. The van der Waals surface area contributed by atoms with Crippen LogP contribution in [0.4, 0.5) is 0 Å². The molecule has 0 aromatic heterocycles. The van der Waals surface area contributed by atoms with Crippen molar-refractivity contribution in [3.63, 3.8) is 0 Å². The smallest absolute Gasteiger partial charge is 0.251 e. The van der Waals surface area contributed by atoms with Crippen molar-refractivity contribution < 1.29 is 4.79 Å². The predicted molar refractivity (Wildman–Crippen MR) is 68.3 cm³/mol. The molecule has 0 atom stereocenters. The predicted octanol–water partition coefficient (Wildman–Crippen LogP) is 3.91. The zero-order chi connectivity index (χ0) is 12.3. The maximum absolute atomic E-state index is 11.9. The molecular formula is C12H15Cl2NO. The highest BCUT2D eigenvalue weighted by Crippen LogP contribution is 2.22. The summed E-state index contributed by atoms with van der Waals surface area (Å²) in [5.41, 5.74) is 0.305. The molecule has 16 heavy (non-hydrogen) atoms. The third kappa shape index (κ3) is 3.39. The van der Waals surface area contributed by atoms with Crippen molar-refractivity contribution in [2.75, 3.05) is 0 Å². The highest BCUT2D eigenvalue weighted by atomic mass is 35.5. The molecule has 0 heterocycles. The van der Waals surface area contributed by atoms with Crippen LogP contribution >= 0.6 is 23.2 Å². The van der Waals surface area contributed by atoms with Gasteiger partial charge in [0.15, 0.2) is 0 Å². The first kappa shape index (κ1) is 13.3. The van der Waals surface area contributed by atoms with E-state index in [9.17, 15) is 4.79 Å². The summed E-state index contributed by atoms with van der Waals surface area (Å²) in [6.45, 7) is 5.97. The quantitative estimate of drug-likeness (QED) is 0.877. The van der Waals surface area contributed by atoms with Gasteiger partial charge in [-0.1, -0.05) is 30.1 Å². The fourth-order valence-electron chi connectivity index (χ4n) is 1.11. The average Bonchev–Trinajstić information content (AvgIpc) is 2.21. The van der Waals surface area contributed by atoms with Gasteiger partial charge < -0.3 is 5.32 Å². The number of carbonyl (C=O) groups excluding carboxylic acids is 1. The number of hydrogen-bond acceptors (Lipinski definition) is 1. The second-order valence-corrected chi connectivity index (χ2v) is 5.13. The van der Waals surface area contributed by atoms with Crippen LogP contribution in [0.15, 0.2) is 18.2 Å². The van der Waals surface area contributed by atoms with E-state index in [1.54, 1.807) is 18.2 Å². The summed E-state index contributed by atoms with van der Waals surface area (Å²) in [6, 6.07) is 4.86. The molecule has 1 N–H and O–H groups in total. The number of nitrogens with one attached hydrogen (secondary N) is 1. The summed E-state index contributed by atoms with van der Waals surface area (Å²) in [4.78, 5) is 11.9. The molecule has 2 nitrogen and oxygen atoms in total. The van der Waals surface area contributed by atoms with Gasteiger partial charge in [0.2, 0.25) is 0 Å². The van der Waals surface area contributed by atoms with Crippen molar-refractivity contribution in [1.29, 1.82) is 0 Å². The fourth-order valence-corrected chi connectivity index (χ4v) is 1.40. The Balaban J connectivity index is 2.85. The van der Waals surface area contributed by atoms with Gasteiger partial charge in [0.25, 0.3) is 5.91 Å². The summed E-state index contributed by atoms with van der Waals surface area (Å²) in [7, 11) is 0. The van der Waals surface area contributed by atoms with Gasteiger partial charge in [-0.3, -0.25) is 4.79 Å². The molecule has 1 rings (SSSR count). The van der Waals surface area contributed by atoms with E-state index < -0.39 is 0 Å². The molecule has 0 saturated heterocycles. The minimum Gasteiger partial charge on any atom is -0.347 e. The zero-order valence-electron chi connectivity index (χ0n) is 9.60. The largest absolute Gasteiger partial charge is 0.347 e. The maximum atomic E-state index is 11.9. The molecule has 0 aliphatic carbocycles. The number of hydrogen-bond donors (Lipinski definition) is 1. The molecule has 0 saturated carbocycles. The average molecular weight is 260 g/mol. The van der Waals surface area contributed by atoms with Gasteiger partial charge in [0.05, 0.1) is 10.0 Å². The summed E-state index contributed by atoms with van der Waals surface area (Å²) in [5.74, 6) is -0.134. The monoisotopic (exact) mass is 259 g/mol. The van der Waals surface area contributed by atoms with Crippen LogP contribution in [-0.4, -0.2) is 11.4 Å². The lowest BCUT2D eigenvalue weighted by atomic mass is 10.0. The highest BCUT2D eigenvalue weighted by Gasteiger charge is 2.19. The molecule has 4 heteroatoms. The van der Waals surface area contributed by atoms with Crippen LogP contribution in [0.5, 0.6) is 0 Å². The van der Waals surface area contributed by atoms with E-state index in [1.807, 2.05) is 20.8 Å². The highest BCUT2D eigenvalue weighted by molar-refractivity contribution is 6.42. The number of rotatable bonds is 3. The SMILES string of the molecule is CCC(C)(C)NC(=O)c1ccc(Cl)c(Cl)c1. The third-order valence-corrected chi connectivity index (χ3v) is 3.26. The molecule has 0 fully saturated rings. The molecule has 0 spiro atoms. The van der Waals surface area contributed by atoms with Gasteiger partial charge >= 0.3 is 0 Å². The first-order valence-corrected chi connectivity index (χ1v) is 5.89. The molecular weight excluding hydrogens is 245 g/mol. The minimum absolute atomic E-state index is 0.134. The summed E-state index contributed by atoms with van der Waals surface area (Å²) in [5, 5.41) is 3.77. The van der Waals surface area contributed by atoms with E-state index >= 15 is 0 Å².